The third-order valence-electron chi connectivity index (χ3n) is 4.56. The van der Waals surface area contributed by atoms with Crippen LogP contribution >= 0.6 is 12.4 Å². The fraction of sp³-hybridized carbons (Fsp3) is 0.684. The number of nitrogens with one attached hydrogen (secondary N) is 1. The van der Waals surface area contributed by atoms with E-state index in [1.54, 1.807) is 0 Å². The highest BCUT2D eigenvalue weighted by molar-refractivity contribution is 5.85. The van der Waals surface area contributed by atoms with Crippen LogP contribution in [0, 0.1) is 6.92 Å². The van der Waals surface area contributed by atoms with Gasteiger partial charge >= 0.3 is 0 Å². The Labute approximate surface area is 147 Å². The van der Waals surface area contributed by atoms with Crippen molar-refractivity contribution in [2.24, 2.45) is 0 Å². The van der Waals surface area contributed by atoms with Crippen molar-refractivity contribution in [3.63, 3.8) is 0 Å². The smallest absolute Gasteiger partial charge is 0.0898 e. The van der Waals surface area contributed by atoms with Crippen molar-refractivity contribution in [3.8, 4) is 0 Å². The first kappa shape index (κ1) is 20.4. The van der Waals surface area contributed by atoms with E-state index in [1.165, 1.54) is 30.4 Å². The molecule has 4 heteroatoms. The lowest BCUT2D eigenvalue weighted by Gasteiger charge is -2.24. The molecule has 0 spiro atoms. The molecular formula is C19H32ClNO2. The van der Waals surface area contributed by atoms with E-state index in [0.29, 0.717) is 25.3 Å². The molecule has 1 fully saturated rings. The van der Waals surface area contributed by atoms with Crippen molar-refractivity contribution in [3.05, 3.63) is 35.4 Å². The molecule has 2 unspecified atom stereocenters. The molecule has 23 heavy (non-hydrogen) atoms. The summed E-state index contributed by atoms with van der Waals surface area (Å²) >= 11 is 0. The standard InChI is InChI=1S/C19H31NO2.ClH/c1-3-19(16-11-9-15(2)10-12-16)20-13-17(21)14-22-18-7-5-4-6-8-18;/h9-12,17-21H,3-8,13-14H2,1-2H3;1H. The summed E-state index contributed by atoms with van der Waals surface area (Å²) in [5.74, 6) is 0. The van der Waals surface area contributed by atoms with Crippen molar-refractivity contribution >= 4 is 12.4 Å². The molecule has 2 rings (SSSR count). The van der Waals surface area contributed by atoms with Crippen LogP contribution in [0.5, 0.6) is 0 Å². The van der Waals surface area contributed by atoms with E-state index in [1.807, 2.05) is 0 Å². The number of ether oxygens (including phenoxy) is 1. The third-order valence-corrected chi connectivity index (χ3v) is 4.56. The molecule has 0 aliphatic heterocycles. The molecule has 2 atom stereocenters. The molecule has 0 saturated heterocycles. The summed E-state index contributed by atoms with van der Waals surface area (Å²) in [5, 5.41) is 13.6. The van der Waals surface area contributed by atoms with Crippen molar-refractivity contribution in [1.29, 1.82) is 0 Å². The first-order valence-electron chi connectivity index (χ1n) is 8.78. The Morgan fingerprint density at radius 1 is 1.17 bits per heavy atom. The Bertz CT molecular complexity index is 418. The second-order valence-corrected chi connectivity index (χ2v) is 6.53. The maximum Gasteiger partial charge on any atom is 0.0898 e. The van der Waals surface area contributed by atoms with Gasteiger partial charge in [-0.1, -0.05) is 56.0 Å². The minimum absolute atomic E-state index is 0. The van der Waals surface area contributed by atoms with E-state index in [-0.39, 0.29) is 12.4 Å². The molecule has 2 N–H and O–H groups in total. The van der Waals surface area contributed by atoms with Crippen LogP contribution in [0.25, 0.3) is 0 Å². The van der Waals surface area contributed by atoms with Crippen LogP contribution in [0.4, 0.5) is 0 Å². The molecule has 0 radical (unpaired) electrons. The zero-order chi connectivity index (χ0) is 15.8. The largest absolute Gasteiger partial charge is 0.389 e. The van der Waals surface area contributed by atoms with Crippen LogP contribution in [0.1, 0.15) is 62.6 Å². The van der Waals surface area contributed by atoms with Crippen LogP contribution < -0.4 is 5.32 Å². The predicted octanol–water partition coefficient (Wildman–Crippen LogP) is 4.17. The fourth-order valence-corrected chi connectivity index (χ4v) is 3.11. The second kappa shape index (κ2) is 11.0. The average Bonchev–Trinajstić information content (AvgIpc) is 2.56. The fourth-order valence-electron chi connectivity index (χ4n) is 3.11. The van der Waals surface area contributed by atoms with Gasteiger partial charge in [0.1, 0.15) is 0 Å². The molecule has 1 aliphatic carbocycles. The van der Waals surface area contributed by atoms with Crippen molar-refractivity contribution < 1.29 is 9.84 Å². The average molecular weight is 342 g/mol. The maximum absolute atomic E-state index is 10.1. The molecule has 3 nitrogen and oxygen atoms in total. The third kappa shape index (κ3) is 7.21. The van der Waals surface area contributed by atoms with Crippen LogP contribution in [-0.4, -0.2) is 30.5 Å². The lowest BCUT2D eigenvalue weighted by atomic mass is 9.98. The summed E-state index contributed by atoms with van der Waals surface area (Å²) in [5.41, 5.74) is 2.56. The van der Waals surface area contributed by atoms with Crippen LogP contribution in [0.3, 0.4) is 0 Å². The molecule has 0 amide bonds. The van der Waals surface area contributed by atoms with Gasteiger partial charge in [0.15, 0.2) is 0 Å². The second-order valence-electron chi connectivity index (χ2n) is 6.53. The lowest BCUT2D eigenvalue weighted by Crippen LogP contribution is -2.34. The highest BCUT2D eigenvalue weighted by Crippen LogP contribution is 2.20. The number of halogens is 1. The number of hydrogen-bond donors (Lipinski definition) is 2. The molecule has 1 saturated carbocycles. The molecule has 0 heterocycles. The maximum atomic E-state index is 10.1. The van der Waals surface area contributed by atoms with Gasteiger partial charge in [-0.3, -0.25) is 0 Å². The number of rotatable bonds is 8. The van der Waals surface area contributed by atoms with Crippen LogP contribution in [0.2, 0.25) is 0 Å². The Kier molecular flexibility index (Phi) is 9.80. The minimum atomic E-state index is -0.429. The van der Waals surface area contributed by atoms with E-state index in [4.69, 9.17) is 4.74 Å². The number of aliphatic hydroxyl groups is 1. The minimum Gasteiger partial charge on any atom is -0.389 e. The first-order valence-corrected chi connectivity index (χ1v) is 8.78. The molecule has 132 valence electrons. The van der Waals surface area contributed by atoms with Gasteiger partial charge in [-0.15, -0.1) is 12.4 Å². The van der Waals surface area contributed by atoms with Gasteiger partial charge in [0.25, 0.3) is 0 Å². The molecule has 1 aliphatic rings. The summed E-state index contributed by atoms with van der Waals surface area (Å²) in [7, 11) is 0. The van der Waals surface area contributed by atoms with Gasteiger partial charge in [0.05, 0.1) is 18.8 Å². The number of hydrogen-bond acceptors (Lipinski definition) is 3. The highest BCUT2D eigenvalue weighted by atomic mass is 35.5. The zero-order valence-corrected chi connectivity index (χ0v) is 15.3. The van der Waals surface area contributed by atoms with Gasteiger partial charge in [0.2, 0.25) is 0 Å². The van der Waals surface area contributed by atoms with E-state index in [2.05, 4.69) is 43.4 Å². The molecule has 1 aromatic carbocycles. The molecular weight excluding hydrogens is 310 g/mol. The highest BCUT2D eigenvalue weighted by Gasteiger charge is 2.16. The SMILES string of the molecule is CCC(NCC(O)COC1CCCCC1)c1ccc(C)cc1.Cl. The summed E-state index contributed by atoms with van der Waals surface area (Å²) in [6.45, 7) is 5.30. The van der Waals surface area contributed by atoms with E-state index in [9.17, 15) is 5.11 Å². The summed E-state index contributed by atoms with van der Waals surface area (Å²) in [6.07, 6.45) is 7.12. The number of benzene rings is 1. The van der Waals surface area contributed by atoms with Gasteiger partial charge in [-0.2, -0.15) is 0 Å². The normalized spacial score (nSPS) is 18.2. The van der Waals surface area contributed by atoms with E-state index in [0.717, 1.165) is 19.3 Å². The Morgan fingerprint density at radius 3 is 2.43 bits per heavy atom. The number of aliphatic hydroxyl groups excluding tert-OH is 1. The van der Waals surface area contributed by atoms with E-state index >= 15 is 0 Å². The van der Waals surface area contributed by atoms with Crippen molar-refractivity contribution in [2.75, 3.05) is 13.2 Å². The molecule has 0 bridgehead atoms. The monoisotopic (exact) mass is 341 g/mol. The van der Waals surface area contributed by atoms with Crippen molar-refractivity contribution in [1.82, 2.24) is 5.32 Å². The Balaban J connectivity index is 0.00000264. The Hall–Kier alpha value is -0.610. The number of aryl methyl sites for hydroxylation is 1. The van der Waals surface area contributed by atoms with Crippen molar-refractivity contribution in [2.45, 2.75) is 70.6 Å². The predicted molar refractivity (Wildman–Crippen MR) is 98.3 cm³/mol. The summed E-state index contributed by atoms with van der Waals surface area (Å²) < 4.78 is 5.84. The Morgan fingerprint density at radius 2 is 1.83 bits per heavy atom. The van der Waals surface area contributed by atoms with Crippen LogP contribution in [0.15, 0.2) is 24.3 Å². The lowest BCUT2D eigenvalue weighted by molar-refractivity contribution is -0.0236. The van der Waals surface area contributed by atoms with Gasteiger partial charge in [-0.25, -0.2) is 0 Å². The molecule has 0 aromatic heterocycles. The summed E-state index contributed by atoms with van der Waals surface area (Å²) in [4.78, 5) is 0. The van der Waals surface area contributed by atoms with Gasteiger partial charge in [-0.05, 0) is 31.7 Å². The van der Waals surface area contributed by atoms with E-state index < -0.39 is 6.10 Å². The van der Waals surface area contributed by atoms with Crippen LogP contribution in [-0.2, 0) is 4.74 Å². The first-order chi connectivity index (χ1) is 10.7. The van der Waals surface area contributed by atoms with Gasteiger partial charge in [0, 0.05) is 12.6 Å². The summed E-state index contributed by atoms with van der Waals surface area (Å²) in [6, 6.07) is 8.91. The topological polar surface area (TPSA) is 41.5 Å². The zero-order valence-electron chi connectivity index (χ0n) is 14.5. The van der Waals surface area contributed by atoms with Gasteiger partial charge < -0.3 is 15.2 Å². The molecule has 1 aromatic rings. The quantitative estimate of drug-likeness (QED) is 0.745.